The fraction of sp³-hybridized carbons (Fsp3) is 0.438. The summed E-state index contributed by atoms with van der Waals surface area (Å²) in [6.45, 7) is 1.06. The zero-order chi connectivity index (χ0) is 17.6. The lowest BCUT2D eigenvalue weighted by atomic mass is 10.2. The SMILES string of the molecule is COCC(=O)NCCCCN=C(N)OC(=O)OCc1ccccc1. The molecule has 0 aliphatic carbocycles. The highest BCUT2D eigenvalue weighted by Gasteiger charge is 2.07. The molecule has 1 rings (SSSR count). The van der Waals surface area contributed by atoms with Crippen LogP contribution in [0.4, 0.5) is 4.79 Å². The van der Waals surface area contributed by atoms with Crippen LogP contribution in [-0.2, 0) is 25.6 Å². The van der Waals surface area contributed by atoms with E-state index in [-0.39, 0.29) is 25.1 Å². The van der Waals surface area contributed by atoms with Crippen LogP contribution in [-0.4, -0.2) is 44.9 Å². The fourth-order valence-corrected chi connectivity index (χ4v) is 1.70. The molecule has 0 saturated carbocycles. The summed E-state index contributed by atoms with van der Waals surface area (Å²) in [5, 5.41) is 2.69. The molecule has 8 heteroatoms. The molecule has 0 radical (unpaired) electrons. The second kappa shape index (κ2) is 11.9. The van der Waals surface area contributed by atoms with Gasteiger partial charge in [-0.05, 0) is 18.4 Å². The van der Waals surface area contributed by atoms with Crippen molar-refractivity contribution in [1.82, 2.24) is 5.32 Å². The molecule has 24 heavy (non-hydrogen) atoms. The summed E-state index contributed by atoms with van der Waals surface area (Å²) in [4.78, 5) is 26.5. The Kier molecular flexibility index (Phi) is 9.63. The molecule has 0 atom stereocenters. The largest absolute Gasteiger partial charge is 0.516 e. The number of nitrogens with zero attached hydrogens (tertiary/aromatic N) is 1. The molecule has 0 bridgehead atoms. The lowest BCUT2D eigenvalue weighted by Gasteiger charge is -2.05. The molecule has 0 unspecified atom stereocenters. The summed E-state index contributed by atoms with van der Waals surface area (Å²) in [5.41, 5.74) is 6.33. The second-order valence-electron chi connectivity index (χ2n) is 4.84. The Bertz CT molecular complexity index is 534. The first-order valence-corrected chi connectivity index (χ1v) is 7.56. The van der Waals surface area contributed by atoms with Gasteiger partial charge in [0.25, 0.3) is 6.02 Å². The maximum absolute atomic E-state index is 11.4. The van der Waals surface area contributed by atoms with Crippen LogP contribution in [0, 0.1) is 0 Å². The highest BCUT2D eigenvalue weighted by atomic mass is 16.7. The highest BCUT2D eigenvalue weighted by molar-refractivity contribution is 5.83. The molecule has 3 N–H and O–H groups in total. The standard InChI is InChI=1S/C16H23N3O5/c1-22-12-14(20)18-9-5-6-10-19-15(17)24-16(21)23-11-13-7-3-2-4-8-13/h2-4,7-8H,5-6,9-12H2,1H3,(H2,17,19)(H,18,20). The zero-order valence-electron chi connectivity index (χ0n) is 13.7. The van der Waals surface area contributed by atoms with Gasteiger partial charge in [-0.1, -0.05) is 30.3 Å². The van der Waals surface area contributed by atoms with Gasteiger partial charge in [-0.15, -0.1) is 0 Å². The Balaban J connectivity index is 2.10. The Morgan fingerprint density at radius 3 is 2.67 bits per heavy atom. The number of nitrogens with one attached hydrogen (secondary N) is 1. The number of hydrogen-bond donors (Lipinski definition) is 2. The van der Waals surface area contributed by atoms with Crippen LogP contribution in [0.2, 0.25) is 0 Å². The van der Waals surface area contributed by atoms with Crippen LogP contribution in [0.1, 0.15) is 18.4 Å². The van der Waals surface area contributed by atoms with Gasteiger partial charge in [-0.2, -0.15) is 0 Å². The lowest BCUT2D eigenvalue weighted by Crippen LogP contribution is -2.28. The van der Waals surface area contributed by atoms with Gasteiger partial charge in [0.15, 0.2) is 0 Å². The van der Waals surface area contributed by atoms with E-state index in [1.807, 2.05) is 30.3 Å². The molecule has 0 aliphatic rings. The smallest absolute Gasteiger partial charge is 0.429 e. The van der Waals surface area contributed by atoms with Crippen molar-refractivity contribution in [3.05, 3.63) is 35.9 Å². The number of methoxy groups -OCH3 is 1. The van der Waals surface area contributed by atoms with Gasteiger partial charge in [0.05, 0.1) is 0 Å². The van der Waals surface area contributed by atoms with Crippen molar-refractivity contribution in [3.63, 3.8) is 0 Å². The number of aliphatic imine (C=N–C) groups is 1. The number of unbranched alkanes of at least 4 members (excludes halogenated alkanes) is 1. The molecule has 0 fully saturated rings. The predicted molar refractivity (Wildman–Crippen MR) is 88.3 cm³/mol. The van der Waals surface area contributed by atoms with Gasteiger partial charge in [-0.25, -0.2) is 9.79 Å². The lowest BCUT2D eigenvalue weighted by molar-refractivity contribution is -0.124. The number of benzene rings is 1. The summed E-state index contributed by atoms with van der Waals surface area (Å²) < 4.78 is 14.3. The number of carbonyl (C=O) groups is 2. The van der Waals surface area contributed by atoms with E-state index >= 15 is 0 Å². The number of amidine groups is 1. The molecule has 0 aliphatic heterocycles. The van der Waals surface area contributed by atoms with Crippen LogP contribution in [0.15, 0.2) is 35.3 Å². The van der Waals surface area contributed by atoms with Gasteiger partial charge in [0.2, 0.25) is 5.91 Å². The van der Waals surface area contributed by atoms with E-state index in [1.54, 1.807) is 0 Å². The van der Waals surface area contributed by atoms with Crippen LogP contribution in [0.5, 0.6) is 0 Å². The third-order valence-corrected chi connectivity index (χ3v) is 2.84. The average Bonchev–Trinajstić information content (AvgIpc) is 2.57. The van der Waals surface area contributed by atoms with E-state index < -0.39 is 6.16 Å². The first-order valence-electron chi connectivity index (χ1n) is 7.56. The van der Waals surface area contributed by atoms with E-state index in [4.69, 9.17) is 15.2 Å². The summed E-state index contributed by atoms with van der Waals surface area (Å²) >= 11 is 0. The number of nitrogens with two attached hydrogens (primary N) is 1. The predicted octanol–water partition coefficient (Wildman–Crippen LogP) is 1.20. The first kappa shape index (κ1) is 19.4. The topological polar surface area (TPSA) is 112 Å². The summed E-state index contributed by atoms with van der Waals surface area (Å²) in [5.74, 6) is -0.162. The third kappa shape index (κ3) is 9.42. The number of carbonyl (C=O) groups excluding carboxylic acids is 2. The Hall–Kier alpha value is -2.61. The molecule has 0 heterocycles. The van der Waals surface area contributed by atoms with Gasteiger partial charge >= 0.3 is 6.16 Å². The molecule has 1 amide bonds. The molecular formula is C16H23N3O5. The van der Waals surface area contributed by atoms with Crippen LogP contribution < -0.4 is 11.1 Å². The van der Waals surface area contributed by atoms with E-state index in [1.165, 1.54) is 7.11 Å². The van der Waals surface area contributed by atoms with Crippen molar-refractivity contribution in [2.75, 3.05) is 26.8 Å². The summed E-state index contributed by atoms with van der Waals surface area (Å²) in [6, 6.07) is 8.98. The first-order chi connectivity index (χ1) is 11.6. The third-order valence-electron chi connectivity index (χ3n) is 2.84. The van der Waals surface area contributed by atoms with Crippen molar-refractivity contribution in [1.29, 1.82) is 0 Å². The van der Waals surface area contributed by atoms with Crippen molar-refractivity contribution in [2.45, 2.75) is 19.4 Å². The maximum atomic E-state index is 11.4. The molecule has 1 aromatic rings. The number of amides is 1. The molecule has 8 nitrogen and oxygen atoms in total. The maximum Gasteiger partial charge on any atom is 0.516 e. The van der Waals surface area contributed by atoms with E-state index in [0.29, 0.717) is 19.5 Å². The minimum Gasteiger partial charge on any atom is -0.429 e. The van der Waals surface area contributed by atoms with Gasteiger partial charge in [-0.3, -0.25) is 4.79 Å². The molecule has 1 aromatic carbocycles. The van der Waals surface area contributed by atoms with Crippen molar-refractivity contribution in [3.8, 4) is 0 Å². The van der Waals surface area contributed by atoms with Crippen molar-refractivity contribution in [2.24, 2.45) is 10.7 Å². The summed E-state index contributed by atoms with van der Waals surface area (Å²) in [6.07, 6.45) is 0.521. The fourth-order valence-electron chi connectivity index (χ4n) is 1.70. The number of rotatable bonds is 9. The van der Waals surface area contributed by atoms with E-state index in [2.05, 4.69) is 15.0 Å². The monoisotopic (exact) mass is 337 g/mol. The van der Waals surface area contributed by atoms with Crippen LogP contribution >= 0.6 is 0 Å². The Morgan fingerprint density at radius 2 is 1.96 bits per heavy atom. The van der Waals surface area contributed by atoms with Gasteiger partial charge < -0.3 is 25.3 Å². The number of hydrogen-bond acceptors (Lipinski definition) is 6. The molecule has 0 saturated heterocycles. The second-order valence-corrected chi connectivity index (χ2v) is 4.84. The minimum absolute atomic E-state index is 0.0457. The van der Waals surface area contributed by atoms with E-state index in [0.717, 1.165) is 12.0 Å². The molecule has 0 aromatic heterocycles. The Morgan fingerprint density at radius 1 is 1.21 bits per heavy atom. The minimum atomic E-state index is -0.896. The molecular weight excluding hydrogens is 314 g/mol. The zero-order valence-corrected chi connectivity index (χ0v) is 13.7. The average molecular weight is 337 g/mol. The quantitative estimate of drug-likeness (QED) is 0.303. The molecule has 132 valence electrons. The van der Waals surface area contributed by atoms with Gasteiger partial charge in [0, 0.05) is 20.2 Å². The van der Waals surface area contributed by atoms with Crippen LogP contribution in [0.3, 0.4) is 0 Å². The molecule has 0 spiro atoms. The van der Waals surface area contributed by atoms with Gasteiger partial charge in [0.1, 0.15) is 13.2 Å². The highest BCUT2D eigenvalue weighted by Crippen LogP contribution is 2.01. The van der Waals surface area contributed by atoms with E-state index in [9.17, 15) is 9.59 Å². The normalized spacial score (nSPS) is 11.0. The van der Waals surface area contributed by atoms with Crippen molar-refractivity contribution < 1.29 is 23.8 Å². The van der Waals surface area contributed by atoms with Crippen molar-refractivity contribution >= 4 is 18.1 Å². The van der Waals surface area contributed by atoms with Crippen LogP contribution in [0.25, 0.3) is 0 Å². The Labute approximate surface area is 141 Å². The summed E-state index contributed by atoms with van der Waals surface area (Å²) in [7, 11) is 1.46. The number of ether oxygens (including phenoxy) is 3.